The lowest BCUT2D eigenvalue weighted by Gasteiger charge is -2.07. The zero-order valence-electron chi connectivity index (χ0n) is 11.2. The van der Waals surface area contributed by atoms with Crippen LogP contribution in [-0.4, -0.2) is 17.5 Å². The smallest absolute Gasteiger partial charge is 0.268 e. The minimum absolute atomic E-state index is 0.249. The summed E-state index contributed by atoms with van der Waals surface area (Å²) in [5, 5.41) is 2.75. The highest BCUT2D eigenvalue weighted by Gasteiger charge is 2.06. The number of aromatic amines is 1. The number of amides is 1. The van der Waals surface area contributed by atoms with Gasteiger partial charge < -0.3 is 15.0 Å². The molecule has 2 N–H and O–H groups in total. The summed E-state index contributed by atoms with van der Waals surface area (Å²) in [6.45, 7) is 2.89. The van der Waals surface area contributed by atoms with E-state index in [1.807, 2.05) is 31.2 Å². The summed E-state index contributed by atoms with van der Waals surface area (Å²) in [6, 6.07) is 12.0. The molecular formula is C15H16N2O3. The second-order valence-electron chi connectivity index (χ2n) is 4.19. The zero-order valence-corrected chi connectivity index (χ0v) is 11.2. The monoisotopic (exact) mass is 272 g/mol. The molecule has 1 amide bonds. The normalized spacial score (nSPS) is 10.1. The van der Waals surface area contributed by atoms with E-state index < -0.39 is 0 Å². The molecule has 5 heteroatoms. The molecule has 0 fully saturated rings. The third-order valence-electron chi connectivity index (χ3n) is 2.68. The van der Waals surface area contributed by atoms with Crippen LogP contribution >= 0.6 is 0 Å². The highest BCUT2D eigenvalue weighted by molar-refractivity contribution is 5.92. The molecule has 5 nitrogen and oxygen atoms in total. The Bertz CT molecular complexity index is 649. The number of pyridine rings is 1. The van der Waals surface area contributed by atoms with Crippen LogP contribution in [0.4, 0.5) is 0 Å². The van der Waals surface area contributed by atoms with Gasteiger partial charge in [0.25, 0.3) is 5.91 Å². The Kier molecular flexibility index (Phi) is 4.55. The number of H-pyrrole nitrogens is 1. The number of ether oxygens (including phenoxy) is 1. The summed E-state index contributed by atoms with van der Waals surface area (Å²) in [4.78, 5) is 25.5. The average Bonchev–Trinajstić information content (AvgIpc) is 2.45. The van der Waals surface area contributed by atoms with Crippen molar-refractivity contribution in [3.05, 3.63) is 64.1 Å². The predicted octanol–water partition coefficient (Wildman–Crippen LogP) is 1.70. The Labute approximate surface area is 116 Å². The van der Waals surface area contributed by atoms with Gasteiger partial charge in [-0.15, -0.1) is 0 Å². The van der Waals surface area contributed by atoms with E-state index in [1.54, 1.807) is 12.1 Å². The van der Waals surface area contributed by atoms with Gasteiger partial charge in [0, 0.05) is 12.6 Å². The van der Waals surface area contributed by atoms with Crippen LogP contribution in [-0.2, 0) is 6.54 Å². The molecule has 0 saturated heterocycles. The number of rotatable bonds is 5. The fourth-order valence-electron chi connectivity index (χ4n) is 1.77. The number of hydrogen-bond acceptors (Lipinski definition) is 3. The van der Waals surface area contributed by atoms with Gasteiger partial charge in [0.1, 0.15) is 11.4 Å². The summed E-state index contributed by atoms with van der Waals surface area (Å²) < 4.78 is 5.39. The number of nitrogens with one attached hydrogen (secondary N) is 2. The summed E-state index contributed by atoms with van der Waals surface area (Å²) in [7, 11) is 0. The second kappa shape index (κ2) is 6.56. The molecular weight excluding hydrogens is 256 g/mol. The molecule has 0 atom stereocenters. The van der Waals surface area contributed by atoms with Gasteiger partial charge >= 0.3 is 0 Å². The van der Waals surface area contributed by atoms with Gasteiger partial charge in [-0.05, 0) is 30.7 Å². The molecule has 0 aliphatic carbocycles. The molecule has 0 unspecified atom stereocenters. The van der Waals surface area contributed by atoms with Crippen molar-refractivity contribution in [3.8, 4) is 5.75 Å². The maximum Gasteiger partial charge on any atom is 0.268 e. The van der Waals surface area contributed by atoms with Gasteiger partial charge in [0.05, 0.1) is 6.61 Å². The molecule has 0 spiro atoms. The van der Waals surface area contributed by atoms with Crippen LogP contribution < -0.4 is 15.6 Å². The molecule has 2 rings (SSSR count). The molecule has 1 aromatic heterocycles. The Morgan fingerprint density at radius 2 is 2.05 bits per heavy atom. The largest absolute Gasteiger partial charge is 0.494 e. The van der Waals surface area contributed by atoms with Gasteiger partial charge in [0.15, 0.2) is 0 Å². The molecule has 0 bridgehead atoms. The molecule has 2 aromatic rings. The van der Waals surface area contributed by atoms with Crippen molar-refractivity contribution in [1.29, 1.82) is 0 Å². The first kappa shape index (κ1) is 13.9. The quantitative estimate of drug-likeness (QED) is 0.870. The SMILES string of the molecule is CCOc1cccc(CNC(=O)c2cccc(=O)[nH]2)c1. The van der Waals surface area contributed by atoms with Gasteiger partial charge in [-0.25, -0.2) is 0 Å². The van der Waals surface area contributed by atoms with Crippen molar-refractivity contribution in [2.24, 2.45) is 0 Å². The first-order chi connectivity index (χ1) is 9.69. The molecule has 0 aliphatic heterocycles. The molecule has 20 heavy (non-hydrogen) atoms. The average molecular weight is 272 g/mol. The van der Waals surface area contributed by atoms with Crippen molar-refractivity contribution in [3.63, 3.8) is 0 Å². The van der Waals surface area contributed by atoms with Gasteiger partial charge in [0.2, 0.25) is 5.56 Å². The number of carbonyl (C=O) groups excluding carboxylic acids is 1. The Morgan fingerprint density at radius 1 is 1.25 bits per heavy atom. The second-order valence-corrected chi connectivity index (χ2v) is 4.19. The van der Waals surface area contributed by atoms with E-state index in [1.165, 1.54) is 6.07 Å². The van der Waals surface area contributed by atoms with Crippen molar-refractivity contribution in [2.45, 2.75) is 13.5 Å². The predicted molar refractivity (Wildman–Crippen MR) is 75.8 cm³/mol. The van der Waals surface area contributed by atoms with Crippen LogP contribution in [0.25, 0.3) is 0 Å². The van der Waals surface area contributed by atoms with Crippen LogP contribution in [0.5, 0.6) is 5.75 Å². The number of hydrogen-bond donors (Lipinski definition) is 2. The topological polar surface area (TPSA) is 71.2 Å². The first-order valence-corrected chi connectivity index (χ1v) is 6.38. The van der Waals surface area contributed by atoms with E-state index in [2.05, 4.69) is 10.3 Å². The van der Waals surface area contributed by atoms with E-state index >= 15 is 0 Å². The van der Waals surface area contributed by atoms with E-state index in [0.717, 1.165) is 11.3 Å². The van der Waals surface area contributed by atoms with Crippen LogP contribution in [0.2, 0.25) is 0 Å². The molecule has 0 saturated carbocycles. The fourth-order valence-corrected chi connectivity index (χ4v) is 1.77. The summed E-state index contributed by atoms with van der Waals surface area (Å²) in [5.41, 5.74) is 0.886. The highest BCUT2D eigenvalue weighted by atomic mass is 16.5. The van der Waals surface area contributed by atoms with E-state index in [-0.39, 0.29) is 17.2 Å². The van der Waals surface area contributed by atoms with Crippen LogP contribution in [0, 0.1) is 0 Å². The van der Waals surface area contributed by atoms with Crippen molar-refractivity contribution in [1.82, 2.24) is 10.3 Å². The summed E-state index contributed by atoms with van der Waals surface area (Å²) >= 11 is 0. The molecule has 0 aliphatic rings. The zero-order chi connectivity index (χ0) is 14.4. The molecule has 1 heterocycles. The summed E-state index contributed by atoms with van der Waals surface area (Å²) in [5.74, 6) is 0.455. The van der Waals surface area contributed by atoms with Gasteiger partial charge in [-0.1, -0.05) is 18.2 Å². The Hall–Kier alpha value is -2.56. The maximum absolute atomic E-state index is 11.9. The van der Waals surface area contributed by atoms with E-state index in [9.17, 15) is 9.59 Å². The first-order valence-electron chi connectivity index (χ1n) is 6.38. The third kappa shape index (κ3) is 3.71. The lowest BCUT2D eigenvalue weighted by Crippen LogP contribution is -2.25. The van der Waals surface area contributed by atoms with Gasteiger partial charge in [-0.3, -0.25) is 9.59 Å². The van der Waals surface area contributed by atoms with E-state index in [0.29, 0.717) is 13.2 Å². The lowest BCUT2D eigenvalue weighted by molar-refractivity contribution is 0.0945. The fraction of sp³-hybridized carbons (Fsp3) is 0.200. The van der Waals surface area contributed by atoms with Crippen LogP contribution in [0.3, 0.4) is 0 Å². The highest BCUT2D eigenvalue weighted by Crippen LogP contribution is 2.13. The van der Waals surface area contributed by atoms with Crippen molar-refractivity contribution >= 4 is 5.91 Å². The Balaban J connectivity index is 1.99. The Morgan fingerprint density at radius 3 is 2.80 bits per heavy atom. The standard InChI is InChI=1S/C15H16N2O3/c1-2-20-12-6-3-5-11(9-12)10-16-15(19)13-7-4-8-14(18)17-13/h3-9H,2,10H2,1H3,(H,16,19)(H,17,18). The molecule has 1 aromatic carbocycles. The minimum Gasteiger partial charge on any atom is -0.494 e. The van der Waals surface area contributed by atoms with Crippen LogP contribution in [0.1, 0.15) is 23.0 Å². The summed E-state index contributed by atoms with van der Waals surface area (Å²) in [6.07, 6.45) is 0. The third-order valence-corrected chi connectivity index (χ3v) is 2.68. The number of benzene rings is 1. The van der Waals surface area contributed by atoms with Crippen molar-refractivity contribution < 1.29 is 9.53 Å². The number of aromatic nitrogens is 1. The van der Waals surface area contributed by atoms with Crippen molar-refractivity contribution in [2.75, 3.05) is 6.61 Å². The maximum atomic E-state index is 11.9. The van der Waals surface area contributed by atoms with Gasteiger partial charge in [-0.2, -0.15) is 0 Å². The lowest BCUT2D eigenvalue weighted by atomic mass is 10.2. The molecule has 104 valence electrons. The van der Waals surface area contributed by atoms with E-state index in [4.69, 9.17) is 4.74 Å². The van der Waals surface area contributed by atoms with Crippen LogP contribution in [0.15, 0.2) is 47.3 Å². The minimum atomic E-state index is -0.315. The number of carbonyl (C=O) groups is 1. The molecule has 0 radical (unpaired) electrons.